The number of fused-ring (bicyclic) bond motifs is 1. The van der Waals surface area contributed by atoms with E-state index in [4.69, 9.17) is 22.1 Å². The third kappa shape index (κ3) is 4.92. The third-order valence-electron chi connectivity index (χ3n) is 6.74. The number of alkyl halides is 1. The van der Waals surface area contributed by atoms with E-state index in [0.717, 1.165) is 12.1 Å². The minimum atomic E-state index is -1.20. The number of hydrogen-bond donors (Lipinski definition) is 3. The number of ether oxygens (including phenoxy) is 1. The number of nitrogens with two attached hydrogens (primary N) is 1. The first-order valence-corrected chi connectivity index (χ1v) is 12.1. The van der Waals surface area contributed by atoms with E-state index in [1.807, 2.05) is 0 Å². The highest BCUT2D eigenvalue weighted by molar-refractivity contribution is 6.33. The van der Waals surface area contributed by atoms with Crippen LogP contribution in [0.25, 0.3) is 11.2 Å². The van der Waals surface area contributed by atoms with Crippen molar-refractivity contribution >= 4 is 46.3 Å². The van der Waals surface area contributed by atoms with Gasteiger partial charge in [0.1, 0.15) is 17.5 Å². The van der Waals surface area contributed by atoms with Crippen molar-refractivity contribution in [2.75, 3.05) is 23.8 Å². The molecule has 192 valence electrons. The van der Waals surface area contributed by atoms with E-state index in [1.54, 1.807) is 4.57 Å². The molecule has 3 heterocycles. The minimum Gasteiger partial charge on any atom is -0.378 e. The number of nitrogens with zero attached hydrogens (tertiary/aromatic N) is 4. The van der Waals surface area contributed by atoms with Crippen molar-refractivity contribution in [1.82, 2.24) is 19.5 Å². The number of carbonyl (C=O) groups excluding carboxylic acids is 1. The zero-order chi connectivity index (χ0) is 25.4. The van der Waals surface area contributed by atoms with E-state index in [2.05, 4.69) is 25.6 Å². The minimum absolute atomic E-state index is 0.000983. The quantitative estimate of drug-likeness (QED) is 0.441. The number of rotatable bonds is 6. The van der Waals surface area contributed by atoms with E-state index < -0.39 is 23.8 Å². The Morgan fingerprint density at radius 2 is 1.94 bits per heavy atom. The van der Waals surface area contributed by atoms with Gasteiger partial charge in [-0.3, -0.25) is 9.36 Å². The summed E-state index contributed by atoms with van der Waals surface area (Å²) >= 11 is 6.11. The first-order valence-electron chi connectivity index (χ1n) is 11.7. The number of halogens is 4. The van der Waals surface area contributed by atoms with E-state index in [9.17, 15) is 18.0 Å². The van der Waals surface area contributed by atoms with Crippen molar-refractivity contribution < 1.29 is 22.7 Å². The highest BCUT2D eigenvalue weighted by atomic mass is 35.5. The first-order chi connectivity index (χ1) is 17.3. The maximum Gasteiger partial charge on any atom is 0.225 e. The number of imidazole rings is 1. The number of hydrogen-bond acceptors (Lipinski definition) is 7. The van der Waals surface area contributed by atoms with Crippen LogP contribution < -0.4 is 16.4 Å². The average molecular weight is 524 g/mol. The van der Waals surface area contributed by atoms with Crippen molar-refractivity contribution in [1.29, 1.82) is 0 Å². The summed E-state index contributed by atoms with van der Waals surface area (Å²) in [4.78, 5) is 25.1. The number of aromatic nitrogens is 4. The molecule has 1 aromatic carbocycles. The molecule has 4 N–H and O–H groups in total. The smallest absolute Gasteiger partial charge is 0.225 e. The highest BCUT2D eigenvalue weighted by Gasteiger charge is 2.30. The largest absolute Gasteiger partial charge is 0.378 e. The fourth-order valence-corrected chi connectivity index (χ4v) is 5.06. The maximum atomic E-state index is 14.6. The Bertz CT molecular complexity index is 1260. The number of primary amides is 1. The summed E-state index contributed by atoms with van der Waals surface area (Å²) < 4.78 is 49.4. The van der Waals surface area contributed by atoms with Crippen molar-refractivity contribution in [3.8, 4) is 0 Å². The predicted octanol–water partition coefficient (Wildman–Crippen LogP) is 4.26. The second-order valence-corrected chi connectivity index (χ2v) is 9.52. The molecule has 0 spiro atoms. The molecular weight excluding hydrogens is 499 g/mol. The zero-order valence-electron chi connectivity index (χ0n) is 19.2. The molecule has 13 heteroatoms. The van der Waals surface area contributed by atoms with Gasteiger partial charge < -0.3 is 21.1 Å². The molecule has 0 bridgehead atoms. The summed E-state index contributed by atoms with van der Waals surface area (Å²) in [7, 11) is 0. The van der Waals surface area contributed by atoms with Crippen LogP contribution in [0.2, 0.25) is 5.02 Å². The Morgan fingerprint density at radius 3 is 2.64 bits per heavy atom. The number of anilines is 3. The molecule has 9 nitrogen and oxygen atoms in total. The molecule has 2 aromatic heterocycles. The van der Waals surface area contributed by atoms with Gasteiger partial charge in [-0.15, -0.1) is 0 Å². The van der Waals surface area contributed by atoms with Gasteiger partial charge in [-0.2, -0.15) is 4.98 Å². The molecule has 36 heavy (non-hydrogen) atoms. The summed E-state index contributed by atoms with van der Waals surface area (Å²) in [6.45, 7) is 0.429. The third-order valence-corrected chi connectivity index (χ3v) is 7.04. The van der Waals surface area contributed by atoms with Crippen LogP contribution >= 0.6 is 11.6 Å². The fraction of sp³-hybridized carbons (Fsp3) is 0.478. The van der Waals surface area contributed by atoms with Crippen LogP contribution in [0.15, 0.2) is 18.3 Å². The fourth-order valence-electron chi connectivity index (χ4n) is 4.82. The Labute approximate surface area is 209 Å². The second-order valence-electron chi connectivity index (χ2n) is 9.12. The van der Waals surface area contributed by atoms with Gasteiger partial charge in [0.05, 0.1) is 29.6 Å². The molecule has 2 aliphatic rings. The van der Waals surface area contributed by atoms with Crippen molar-refractivity contribution in [3.63, 3.8) is 0 Å². The Hall–Kier alpha value is -3.12. The molecular formula is C23H25ClF3N7O2. The molecule has 2 fully saturated rings. The van der Waals surface area contributed by atoms with Crippen LogP contribution in [0.1, 0.15) is 38.1 Å². The van der Waals surface area contributed by atoms with E-state index in [1.165, 1.54) is 6.20 Å². The standard InChI is InChI=1S/C23H25ClF3N7O2/c24-14-7-12(25)8-15(26)19(14)32-23-31-18-9-29-22(30-17-5-6-36-10-16(17)27)33-21(18)34(23)13-3-1-11(2-4-13)20(28)35/h7-9,11,13,16-17H,1-6,10H2,(H2,28,35)(H,31,32)(H,29,30,33). The van der Waals surface area contributed by atoms with E-state index >= 15 is 0 Å². The lowest BCUT2D eigenvalue weighted by atomic mass is 9.85. The first kappa shape index (κ1) is 24.6. The van der Waals surface area contributed by atoms with E-state index in [-0.39, 0.29) is 47.1 Å². The Balaban J connectivity index is 1.53. The van der Waals surface area contributed by atoms with Gasteiger partial charge in [0.15, 0.2) is 11.5 Å². The summed E-state index contributed by atoms with van der Waals surface area (Å²) in [6, 6.07) is 1.09. The lowest BCUT2D eigenvalue weighted by Crippen LogP contribution is -2.39. The Kier molecular flexibility index (Phi) is 6.89. The van der Waals surface area contributed by atoms with Gasteiger partial charge in [-0.1, -0.05) is 11.6 Å². The van der Waals surface area contributed by atoms with Crippen molar-refractivity contribution in [2.45, 2.75) is 50.4 Å². The molecule has 0 radical (unpaired) electrons. The normalized spacial score (nSPS) is 24.6. The SMILES string of the molecule is NC(=O)C1CCC(n2c(Nc3c(F)cc(F)cc3Cl)nc3cnc(NC4CCOCC4F)nc32)CC1. The molecule has 1 amide bonds. The average Bonchev–Trinajstić information content (AvgIpc) is 3.20. The molecule has 1 saturated heterocycles. The molecule has 3 aromatic rings. The number of nitrogens with one attached hydrogen (secondary N) is 2. The topological polar surface area (TPSA) is 120 Å². The maximum absolute atomic E-state index is 14.6. The molecule has 1 aliphatic carbocycles. The lowest BCUT2D eigenvalue weighted by molar-refractivity contribution is -0.122. The highest BCUT2D eigenvalue weighted by Crippen LogP contribution is 2.38. The monoisotopic (exact) mass is 523 g/mol. The van der Waals surface area contributed by atoms with Crippen molar-refractivity contribution in [2.24, 2.45) is 11.7 Å². The van der Waals surface area contributed by atoms with Gasteiger partial charge in [0, 0.05) is 24.6 Å². The summed E-state index contributed by atoms with van der Waals surface area (Å²) in [5, 5.41) is 5.77. The van der Waals surface area contributed by atoms with Gasteiger partial charge in [0.25, 0.3) is 0 Å². The summed E-state index contributed by atoms with van der Waals surface area (Å²) in [6.07, 6.45) is 3.12. The van der Waals surface area contributed by atoms with Gasteiger partial charge >= 0.3 is 0 Å². The van der Waals surface area contributed by atoms with Gasteiger partial charge in [-0.25, -0.2) is 23.1 Å². The number of benzene rings is 1. The van der Waals surface area contributed by atoms with Crippen LogP contribution in [0.5, 0.6) is 0 Å². The second kappa shape index (κ2) is 10.1. The van der Waals surface area contributed by atoms with Gasteiger partial charge in [-0.05, 0) is 38.2 Å². The van der Waals surface area contributed by atoms with E-state index in [0.29, 0.717) is 49.9 Å². The molecule has 1 saturated carbocycles. The number of carbonyl (C=O) groups is 1. The van der Waals surface area contributed by atoms with Crippen LogP contribution in [-0.4, -0.2) is 50.9 Å². The van der Waals surface area contributed by atoms with Crippen LogP contribution in [-0.2, 0) is 9.53 Å². The van der Waals surface area contributed by atoms with Crippen LogP contribution in [0.4, 0.5) is 30.8 Å². The molecule has 1 aliphatic heterocycles. The summed E-state index contributed by atoms with van der Waals surface area (Å²) in [5.74, 6) is -1.78. The zero-order valence-corrected chi connectivity index (χ0v) is 19.9. The van der Waals surface area contributed by atoms with Crippen LogP contribution in [0.3, 0.4) is 0 Å². The van der Waals surface area contributed by atoms with Crippen LogP contribution in [0, 0.1) is 17.6 Å². The van der Waals surface area contributed by atoms with Crippen molar-refractivity contribution in [3.05, 3.63) is 35.0 Å². The number of amides is 1. The predicted molar refractivity (Wildman–Crippen MR) is 128 cm³/mol. The lowest BCUT2D eigenvalue weighted by Gasteiger charge is -2.29. The summed E-state index contributed by atoms with van der Waals surface area (Å²) in [5.41, 5.74) is 6.23. The molecule has 2 atom stereocenters. The molecule has 5 rings (SSSR count). The Morgan fingerprint density at radius 1 is 1.17 bits per heavy atom. The van der Waals surface area contributed by atoms with Gasteiger partial charge in [0.2, 0.25) is 17.8 Å². The molecule has 2 unspecified atom stereocenters.